The number of carboxylic acid groups (broad SMARTS) is 1. The second-order valence-electron chi connectivity index (χ2n) is 4.27. The van der Waals surface area contributed by atoms with E-state index < -0.39 is 5.97 Å². The van der Waals surface area contributed by atoms with Gasteiger partial charge in [-0.3, -0.25) is 4.90 Å². The van der Waals surface area contributed by atoms with Crippen LogP contribution >= 0.6 is 0 Å². The zero-order valence-corrected chi connectivity index (χ0v) is 10.7. The second-order valence-corrected chi connectivity index (χ2v) is 4.27. The Bertz CT molecular complexity index is 537. The summed E-state index contributed by atoms with van der Waals surface area (Å²) in [4.78, 5) is 12.9. The average molecular weight is 260 g/mol. The van der Waals surface area contributed by atoms with Gasteiger partial charge < -0.3 is 9.63 Å². The van der Waals surface area contributed by atoms with Gasteiger partial charge in [-0.25, -0.2) is 4.79 Å². The molecule has 1 aromatic carbocycles. The molecule has 1 heterocycles. The Morgan fingerprint density at radius 2 is 2.05 bits per heavy atom. The maximum Gasteiger partial charge on any atom is 0.358 e. The van der Waals surface area contributed by atoms with Gasteiger partial charge in [0, 0.05) is 12.6 Å². The van der Waals surface area contributed by atoms with Crippen molar-refractivity contribution in [3.8, 4) is 0 Å². The molecule has 0 unspecified atom stereocenters. The van der Waals surface area contributed by atoms with Gasteiger partial charge in [0.15, 0.2) is 11.5 Å². The van der Waals surface area contributed by atoms with Crippen LogP contribution in [0.2, 0.25) is 0 Å². The fourth-order valence-electron chi connectivity index (χ4n) is 1.83. The molecular weight excluding hydrogens is 244 g/mol. The van der Waals surface area contributed by atoms with E-state index in [1.165, 1.54) is 11.6 Å². The molecule has 0 spiro atoms. The number of hydrogen-bond acceptors (Lipinski definition) is 4. The van der Waals surface area contributed by atoms with Crippen molar-refractivity contribution in [3.63, 3.8) is 0 Å². The second kappa shape index (κ2) is 6.15. The topological polar surface area (TPSA) is 66.6 Å². The lowest BCUT2D eigenvalue weighted by molar-refractivity contribution is 0.0685. The van der Waals surface area contributed by atoms with Crippen LogP contribution in [-0.4, -0.2) is 27.7 Å². The smallest absolute Gasteiger partial charge is 0.358 e. The minimum atomic E-state index is -1.07. The number of aromatic carboxylic acids is 1. The number of hydrogen-bond donors (Lipinski definition) is 1. The summed E-state index contributed by atoms with van der Waals surface area (Å²) in [6.07, 6.45) is 0. The quantitative estimate of drug-likeness (QED) is 0.863. The van der Waals surface area contributed by atoms with Gasteiger partial charge in [-0.05, 0) is 12.1 Å². The minimum Gasteiger partial charge on any atom is -0.476 e. The Balaban J connectivity index is 2.00. The molecule has 2 aromatic rings. The summed E-state index contributed by atoms with van der Waals surface area (Å²) in [7, 11) is 0. The largest absolute Gasteiger partial charge is 0.476 e. The molecule has 5 heteroatoms. The Labute approximate surface area is 111 Å². The van der Waals surface area contributed by atoms with E-state index in [4.69, 9.17) is 9.63 Å². The van der Waals surface area contributed by atoms with Crippen LogP contribution in [-0.2, 0) is 13.1 Å². The van der Waals surface area contributed by atoms with Crippen LogP contribution < -0.4 is 0 Å². The lowest BCUT2D eigenvalue weighted by Gasteiger charge is -2.18. The van der Waals surface area contributed by atoms with E-state index in [9.17, 15) is 4.79 Å². The van der Waals surface area contributed by atoms with Crippen LogP contribution in [0.5, 0.6) is 0 Å². The fourth-order valence-corrected chi connectivity index (χ4v) is 1.83. The Morgan fingerprint density at radius 3 is 2.63 bits per heavy atom. The maximum atomic E-state index is 10.7. The van der Waals surface area contributed by atoms with Crippen LogP contribution in [0, 0.1) is 0 Å². The van der Waals surface area contributed by atoms with Crippen LogP contribution in [0.1, 0.15) is 28.7 Å². The van der Waals surface area contributed by atoms with E-state index in [-0.39, 0.29) is 5.69 Å². The molecule has 0 fully saturated rings. The van der Waals surface area contributed by atoms with Gasteiger partial charge in [-0.2, -0.15) is 0 Å². The van der Waals surface area contributed by atoms with Gasteiger partial charge in [0.25, 0.3) is 0 Å². The number of carbonyl (C=O) groups is 1. The van der Waals surface area contributed by atoms with Crippen molar-refractivity contribution in [1.29, 1.82) is 0 Å². The molecule has 0 aliphatic rings. The van der Waals surface area contributed by atoms with E-state index >= 15 is 0 Å². The third-order valence-corrected chi connectivity index (χ3v) is 2.85. The van der Waals surface area contributed by atoms with Crippen LogP contribution in [0.3, 0.4) is 0 Å². The zero-order valence-electron chi connectivity index (χ0n) is 10.7. The number of benzene rings is 1. The molecule has 19 heavy (non-hydrogen) atoms. The Morgan fingerprint density at radius 1 is 1.32 bits per heavy atom. The predicted octanol–water partition coefficient (Wildman–Crippen LogP) is 2.39. The number of rotatable bonds is 6. The Kier molecular flexibility index (Phi) is 4.30. The normalized spacial score (nSPS) is 10.8. The average Bonchev–Trinajstić information content (AvgIpc) is 2.88. The van der Waals surface area contributed by atoms with Crippen molar-refractivity contribution < 1.29 is 14.4 Å². The molecule has 0 saturated carbocycles. The van der Waals surface area contributed by atoms with Crippen molar-refractivity contribution in [2.45, 2.75) is 20.0 Å². The highest BCUT2D eigenvalue weighted by molar-refractivity contribution is 5.85. The van der Waals surface area contributed by atoms with E-state index in [0.717, 1.165) is 13.1 Å². The molecule has 2 rings (SSSR count). The summed E-state index contributed by atoms with van der Waals surface area (Å²) < 4.78 is 5.02. The van der Waals surface area contributed by atoms with Gasteiger partial charge in [-0.15, -0.1) is 0 Å². The number of carboxylic acids is 1. The molecule has 0 bridgehead atoms. The first-order valence-corrected chi connectivity index (χ1v) is 6.14. The highest BCUT2D eigenvalue weighted by Crippen LogP contribution is 2.11. The van der Waals surface area contributed by atoms with Gasteiger partial charge in [0.05, 0.1) is 6.54 Å². The summed E-state index contributed by atoms with van der Waals surface area (Å²) in [6, 6.07) is 11.6. The van der Waals surface area contributed by atoms with Gasteiger partial charge in [-0.1, -0.05) is 42.4 Å². The maximum absolute atomic E-state index is 10.7. The molecule has 5 nitrogen and oxygen atoms in total. The molecule has 100 valence electrons. The summed E-state index contributed by atoms with van der Waals surface area (Å²) in [5, 5.41) is 12.3. The van der Waals surface area contributed by atoms with Gasteiger partial charge in [0.2, 0.25) is 0 Å². The van der Waals surface area contributed by atoms with Crippen LogP contribution in [0.25, 0.3) is 0 Å². The van der Waals surface area contributed by atoms with Crippen molar-refractivity contribution in [1.82, 2.24) is 10.1 Å². The molecule has 0 saturated heterocycles. The summed E-state index contributed by atoms with van der Waals surface area (Å²) in [6.45, 7) is 4.24. The predicted molar refractivity (Wildman–Crippen MR) is 69.7 cm³/mol. The van der Waals surface area contributed by atoms with Crippen molar-refractivity contribution >= 4 is 5.97 Å². The first-order valence-electron chi connectivity index (χ1n) is 6.14. The van der Waals surface area contributed by atoms with Crippen molar-refractivity contribution in [2.24, 2.45) is 0 Å². The van der Waals surface area contributed by atoms with Crippen molar-refractivity contribution in [2.75, 3.05) is 6.54 Å². The first-order chi connectivity index (χ1) is 9.19. The summed E-state index contributed by atoms with van der Waals surface area (Å²) in [5.74, 6) is -0.503. The molecule has 0 aliphatic heterocycles. The van der Waals surface area contributed by atoms with Gasteiger partial charge >= 0.3 is 5.97 Å². The third-order valence-electron chi connectivity index (χ3n) is 2.85. The summed E-state index contributed by atoms with van der Waals surface area (Å²) >= 11 is 0. The third kappa shape index (κ3) is 3.66. The SMILES string of the molecule is CCN(Cc1ccccc1)Cc1cc(C(=O)O)no1. The molecule has 1 aromatic heterocycles. The van der Waals surface area contributed by atoms with Crippen LogP contribution in [0.4, 0.5) is 0 Å². The van der Waals surface area contributed by atoms with E-state index in [1.807, 2.05) is 18.2 Å². The zero-order chi connectivity index (χ0) is 13.7. The van der Waals surface area contributed by atoms with Crippen molar-refractivity contribution in [3.05, 3.63) is 53.4 Å². The number of nitrogens with zero attached hydrogens (tertiary/aromatic N) is 2. The fraction of sp³-hybridized carbons (Fsp3) is 0.286. The standard InChI is InChI=1S/C14H16N2O3/c1-2-16(9-11-6-4-3-5-7-11)10-12-8-13(14(17)18)15-19-12/h3-8H,2,9-10H2,1H3,(H,17,18). The highest BCUT2D eigenvalue weighted by atomic mass is 16.5. The van der Waals surface area contributed by atoms with Gasteiger partial charge in [0.1, 0.15) is 0 Å². The molecule has 0 aliphatic carbocycles. The minimum absolute atomic E-state index is 0.0502. The van der Waals surface area contributed by atoms with E-state index in [2.05, 4.69) is 29.1 Å². The monoisotopic (exact) mass is 260 g/mol. The molecule has 0 amide bonds. The lowest BCUT2D eigenvalue weighted by Crippen LogP contribution is -2.21. The van der Waals surface area contributed by atoms with E-state index in [0.29, 0.717) is 12.3 Å². The Hall–Kier alpha value is -2.14. The molecular formula is C14H16N2O3. The molecule has 0 radical (unpaired) electrons. The lowest BCUT2D eigenvalue weighted by atomic mass is 10.2. The molecule has 1 N–H and O–H groups in total. The molecule has 0 atom stereocenters. The highest BCUT2D eigenvalue weighted by Gasteiger charge is 2.13. The number of aromatic nitrogens is 1. The van der Waals surface area contributed by atoms with E-state index in [1.54, 1.807) is 0 Å². The summed E-state index contributed by atoms with van der Waals surface area (Å²) in [5.41, 5.74) is 1.16. The van der Waals surface area contributed by atoms with Crippen LogP contribution in [0.15, 0.2) is 40.9 Å². The first kappa shape index (κ1) is 13.3.